The highest BCUT2D eigenvalue weighted by molar-refractivity contribution is 6.46. The molecule has 1 aromatic heterocycles. The number of hydrogen-bond donors (Lipinski definition) is 1. The molecule has 156 valence electrons. The Morgan fingerprint density at radius 3 is 2.67 bits per heavy atom. The van der Waals surface area contributed by atoms with Gasteiger partial charge in [0.2, 0.25) is 0 Å². The first-order chi connectivity index (χ1) is 14.5. The van der Waals surface area contributed by atoms with Crippen molar-refractivity contribution in [2.45, 2.75) is 63.6 Å². The third-order valence-corrected chi connectivity index (χ3v) is 6.43. The van der Waals surface area contributed by atoms with Gasteiger partial charge in [0, 0.05) is 18.0 Å². The molecule has 2 aliphatic heterocycles. The fraction of sp³-hybridized carbons (Fsp3) is 0.417. The number of amides is 1. The van der Waals surface area contributed by atoms with E-state index in [1.54, 1.807) is 23.1 Å². The summed E-state index contributed by atoms with van der Waals surface area (Å²) in [6, 6.07) is 8.17. The van der Waals surface area contributed by atoms with Crippen molar-refractivity contribution in [1.82, 2.24) is 4.90 Å². The van der Waals surface area contributed by atoms with E-state index in [4.69, 9.17) is 9.15 Å². The van der Waals surface area contributed by atoms with Crippen LogP contribution < -0.4 is 4.74 Å². The Labute approximate surface area is 175 Å². The molecule has 2 unspecified atom stereocenters. The van der Waals surface area contributed by atoms with E-state index in [1.807, 2.05) is 19.1 Å². The summed E-state index contributed by atoms with van der Waals surface area (Å²) in [4.78, 5) is 27.8. The number of aliphatic hydroxyl groups is 1. The van der Waals surface area contributed by atoms with Gasteiger partial charge in [0.25, 0.3) is 11.7 Å². The fourth-order valence-electron chi connectivity index (χ4n) is 5.04. The zero-order valence-corrected chi connectivity index (χ0v) is 17.0. The molecular weight excluding hydrogens is 382 g/mol. The van der Waals surface area contributed by atoms with Crippen LogP contribution >= 0.6 is 0 Å². The van der Waals surface area contributed by atoms with Gasteiger partial charge in [-0.05, 0) is 55.7 Å². The lowest BCUT2D eigenvalue weighted by molar-refractivity contribution is -0.142. The Kier molecular flexibility index (Phi) is 4.65. The summed E-state index contributed by atoms with van der Waals surface area (Å²) in [5.41, 5.74) is 1.61. The first-order valence-corrected chi connectivity index (χ1v) is 10.7. The molecule has 1 N–H and O–H groups in total. The lowest BCUT2D eigenvalue weighted by Crippen LogP contribution is -2.40. The zero-order valence-electron chi connectivity index (χ0n) is 17.0. The third kappa shape index (κ3) is 3.02. The van der Waals surface area contributed by atoms with Crippen LogP contribution in [0.1, 0.15) is 62.0 Å². The topological polar surface area (TPSA) is 80.0 Å². The van der Waals surface area contributed by atoms with Crippen molar-refractivity contribution in [3.8, 4) is 5.75 Å². The second-order valence-electron chi connectivity index (χ2n) is 8.47. The molecule has 30 heavy (non-hydrogen) atoms. The van der Waals surface area contributed by atoms with Gasteiger partial charge < -0.3 is 19.2 Å². The molecular formula is C24H25NO5. The summed E-state index contributed by atoms with van der Waals surface area (Å²) in [6.07, 6.45) is 7.28. The van der Waals surface area contributed by atoms with E-state index >= 15 is 0 Å². The van der Waals surface area contributed by atoms with E-state index in [0.717, 1.165) is 49.8 Å². The van der Waals surface area contributed by atoms with Crippen molar-refractivity contribution in [3.05, 3.63) is 59.1 Å². The number of furan rings is 1. The van der Waals surface area contributed by atoms with E-state index in [2.05, 4.69) is 0 Å². The molecule has 6 heteroatoms. The number of hydrogen-bond acceptors (Lipinski definition) is 5. The van der Waals surface area contributed by atoms with Gasteiger partial charge >= 0.3 is 0 Å². The third-order valence-electron chi connectivity index (χ3n) is 6.43. The predicted molar refractivity (Wildman–Crippen MR) is 110 cm³/mol. The molecule has 3 heterocycles. The smallest absolute Gasteiger partial charge is 0.296 e. The zero-order chi connectivity index (χ0) is 20.8. The van der Waals surface area contributed by atoms with Gasteiger partial charge in [-0.3, -0.25) is 9.59 Å². The molecule has 1 aliphatic carbocycles. The first-order valence-electron chi connectivity index (χ1n) is 10.7. The number of rotatable bonds is 3. The number of ketones is 1. The number of Topliss-reactive ketones (excluding diaryl/α,β-unsaturated/α-hetero) is 1. The van der Waals surface area contributed by atoms with Crippen LogP contribution in [0.4, 0.5) is 0 Å². The minimum absolute atomic E-state index is 0.0233. The number of carbonyl (C=O) groups is 2. The molecule has 2 fully saturated rings. The van der Waals surface area contributed by atoms with E-state index < -0.39 is 17.7 Å². The van der Waals surface area contributed by atoms with E-state index in [1.165, 1.54) is 6.26 Å². The van der Waals surface area contributed by atoms with Gasteiger partial charge in [-0.25, -0.2) is 0 Å². The largest absolute Gasteiger partial charge is 0.507 e. The van der Waals surface area contributed by atoms with E-state index in [0.29, 0.717) is 11.3 Å². The van der Waals surface area contributed by atoms with Crippen LogP contribution in [0.25, 0.3) is 5.76 Å². The molecule has 6 nitrogen and oxygen atoms in total. The number of aliphatic hydroxyl groups excluding tert-OH is 1. The van der Waals surface area contributed by atoms with Crippen molar-refractivity contribution in [2.75, 3.05) is 0 Å². The quantitative estimate of drug-likeness (QED) is 0.465. The average Bonchev–Trinajstić information content (AvgIpc) is 3.46. The van der Waals surface area contributed by atoms with E-state index in [9.17, 15) is 14.7 Å². The number of fused-ring (bicyclic) bond motifs is 1. The van der Waals surface area contributed by atoms with Crippen LogP contribution in [-0.4, -0.2) is 33.8 Å². The fourth-order valence-corrected chi connectivity index (χ4v) is 5.04. The van der Waals surface area contributed by atoms with Gasteiger partial charge in [0.1, 0.15) is 29.4 Å². The van der Waals surface area contributed by atoms with Crippen molar-refractivity contribution in [2.24, 2.45) is 0 Å². The second-order valence-corrected chi connectivity index (χ2v) is 8.47. The standard InChI is InChI=1S/C24H25NO5/c1-14-12-16-13-15(9-10-18(16)30-14)22(26)20-21(19-8-5-11-29-19)25(24(28)23(20)27)17-6-3-2-4-7-17/h5,8-11,13-14,17,21,26H,2-4,6-7,12H2,1H3/b22-20-. The Hall–Kier alpha value is -3.02. The number of likely N-dealkylation sites (tertiary alicyclic amines) is 1. The number of benzene rings is 1. The Morgan fingerprint density at radius 1 is 1.13 bits per heavy atom. The highest BCUT2D eigenvalue weighted by Crippen LogP contribution is 2.43. The van der Waals surface area contributed by atoms with Crippen molar-refractivity contribution in [3.63, 3.8) is 0 Å². The highest BCUT2D eigenvalue weighted by Gasteiger charge is 2.50. The van der Waals surface area contributed by atoms with Crippen LogP contribution in [-0.2, 0) is 16.0 Å². The van der Waals surface area contributed by atoms with Crippen LogP contribution in [0.15, 0.2) is 46.6 Å². The second kappa shape index (κ2) is 7.35. The van der Waals surface area contributed by atoms with Gasteiger partial charge in [0.15, 0.2) is 0 Å². The van der Waals surface area contributed by atoms with Crippen LogP contribution in [0.2, 0.25) is 0 Å². The normalized spacial score (nSPS) is 26.1. The maximum Gasteiger partial charge on any atom is 0.296 e. The lowest BCUT2D eigenvalue weighted by atomic mass is 9.92. The minimum atomic E-state index is -0.702. The summed E-state index contributed by atoms with van der Waals surface area (Å²) < 4.78 is 11.4. The maximum atomic E-state index is 13.1. The van der Waals surface area contributed by atoms with Crippen molar-refractivity contribution >= 4 is 17.4 Å². The van der Waals surface area contributed by atoms with Crippen LogP contribution in [0.3, 0.4) is 0 Å². The summed E-state index contributed by atoms with van der Waals surface area (Å²) in [5, 5.41) is 11.2. The van der Waals surface area contributed by atoms with Crippen molar-refractivity contribution < 1.29 is 23.8 Å². The molecule has 2 aromatic rings. The minimum Gasteiger partial charge on any atom is -0.507 e. The molecule has 0 spiro atoms. The number of carbonyl (C=O) groups excluding carboxylic acids is 2. The summed E-state index contributed by atoms with van der Waals surface area (Å²) in [7, 11) is 0. The van der Waals surface area contributed by atoms with Crippen LogP contribution in [0.5, 0.6) is 5.75 Å². The van der Waals surface area contributed by atoms with Crippen molar-refractivity contribution in [1.29, 1.82) is 0 Å². The molecule has 1 saturated carbocycles. The molecule has 1 amide bonds. The number of nitrogens with zero attached hydrogens (tertiary/aromatic N) is 1. The van der Waals surface area contributed by atoms with E-state index in [-0.39, 0.29) is 23.5 Å². The highest BCUT2D eigenvalue weighted by atomic mass is 16.5. The molecule has 3 aliphatic rings. The monoisotopic (exact) mass is 407 g/mol. The molecule has 1 aromatic carbocycles. The Morgan fingerprint density at radius 2 is 1.93 bits per heavy atom. The van der Waals surface area contributed by atoms with Gasteiger partial charge in [-0.1, -0.05) is 19.3 Å². The molecule has 1 saturated heterocycles. The SMILES string of the molecule is CC1Cc2cc(/C(O)=C3/C(=O)C(=O)N(C4CCCCC4)C3c3ccco3)ccc2O1. The Balaban J connectivity index is 1.61. The predicted octanol–water partition coefficient (Wildman–Crippen LogP) is 4.36. The van der Waals surface area contributed by atoms with Gasteiger partial charge in [-0.2, -0.15) is 0 Å². The molecule has 2 atom stereocenters. The molecule has 0 bridgehead atoms. The summed E-state index contributed by atoms with van der Waals surface area (Å²) in [5.74, 6) is -0.0632. The number of ether oxygens (including phenoxy) is 1. The molecule has 0 radical (unpaired) electrons. The Bertz CT molecular complexity index is 1020. The van der Waals surface area contributed by atoms with Gasteiger partial charge in [0.05, 0.1) is 11.8 Å². The van der Waals surface area contributed by atoms with Crippen LogP contribution in [0, 0.1) is 0 Å². The van der Waals surface area contributed by atoms with Gasteiger partial charge in [-0.15, -0.1) is 0 Å². The maximum absolute atomic E-state index is 13.1. The summed E-state index contributed by atoms with van der Waals surface area (Å²) in [6.45, 7) is 1.99. The average molecular weight is 407 g/mol. The first kappa shape index (κ1) is 19.0. The lowest BCUT2D eigenvalue weighted by Gasteiger charge is -2.34. The molecule has 5 rings (SSSR count). The summed E-state index contributed by atoms with van der Waals surface area (Å²) >= 11 is 0.